The van der Waals surface area contributed by atoms with Gasteiger partial charge in [0.2, 0.25) is 0 Å². The molecular formula is C16H22BrN. The van der Waals surface area contributed by atoms with Gasteiger partial charge < -0.3 is 5.32 Å². The Morgan fingerprint density at radius 3 is 2.61 bits per heavy atom. The topological polar surface area (TPSA) is 12.0 Å². The fourth-order valence-corrected chi connectivity index (χ4v) is 4.10. The number of halogens is 1. The molecule has 0 heterocycles. The van der Waals surface area contributed by atoms with Crippen LogP contribution in [0.15, 0.2) is 22.7 Å². The average molecular weight is 308 g/mol. The van der Waals surface area contributed by atoms with Crippen LogP contribution in [-0.4, -0.2) is 6.04 Å². The lowest BCUT2D eigenvalue weighted by Gasteiger charge is -2.53. The molecule has 1 N–H and O–H groups in total. The van der Waals surface area contributed by atoms with Crippen LogP contribution in [0.3, 0.4) is 0 Å². The predicted octanol–water partition coefficient (Wildman–Crippen LogP) is 5.28. The van der Waals surface area contributed by atoms with Crippen molar-refractivity contribution in [3.05, 3.63) is 28.2 Å². The molecule has 2 aliphatic carbocycles. The van der Waals surface area contributed by atoms with E-state index in [1.807, 2.05) is 0 Å². The first kappa shape index (κ1) is 12.5. The van der Waals surface area contributed by atoms with Gasteiger partial charge in [0.25, 0.3) is 0 Å². The van der Waals surface area contributed by atoms with Crippen molar-refractivity contribution >= 4 is 21.6 Å². The molecule has 2 fully saturated rings. The molecule has 0 saturated heterocycles. The molecule has 0 aliphatic heterocycles. The van der Waals surface area contributed by atoms with Crippen molar-refractivity contribution < 1.29 is 0 Å². The molecule has 1 aromatic rings. The molecule has 2 heteroatoms. The normalized spacial score (nSPS) is 25.8. The summed E-state index contributed by atoms with van der Waals surface area (Å²) >= 11 is 3.71. The Hall–Kier alpha value is -0.500. The Morgan fingerprint density at radius 2 is 1.94 bits per heavy atom. The van der Waals surface area contributed by atoms with Gasteiger partial charge >= 0.3 is 0 Å². The second-order valence-electron chi connectivity index (χ2n) is 6.10. The number of aryl methyl sites for hydroxylation is 1. The van der Waals surface area contributed by atoms with Gasteiger partial charge in [-0.1, -0.05) is 31.4 Å². The number of hydrogen-bond acceptors (Lipinski definition) is 1. The van der Waals surface area contributed by atoms with E-state index in [9.17, 15) is 0 Å². The van der Waals surface area contributed by atoms with E-state index in [0.29, 0.717) is 11.5 Å². The maximum atomic E-state index is 3.80. The zero-order valence-corrected chi connectivity index (χ0v) is 12.7. The third-order valence-electron chi connectivity index (χ3n) is 5.04. The molecule has 0 amide bonds. The van der Waals surface area contributed by atoms with E-state index in [1.54, 1.807) is 0 Å². The average Bonchev–Trinajstić information content (AvgIpc) is 2.40. The lowest BCUT2D eigenvalue weighted by atomic mass is 9.57. The first-order valence-electron chi connectivity index (χ1n) is 7.23. The van der Waals surface area contributed by atoms with E-state index in [1.165, 1.54) is 60.7 Å². The Labute approximate surface area is 118 Å². The predicted molar refractivity (Wildman–Crippen MR) is 81.0 cm³/mol. The zero-order valence-electron chi connectivity index (χ0n) is 11.1. The van der Waals surface area contributed by atoms with Crippen molar-refractivity contribution in [2.45, 2.75) is 57.9 Å². The molecule has 2 aliphatic rings. The highest BCUT2D eigenvalue weighted by atomic mass is 79.9. The largest absolute Gasteiger partial charge is 0.381 e. The second kappa shape index (κ2) is 4.88. The van der Waals surface area contributed by atoms with Gasteiger partial charge in [-0.15, -0.1) is 0 Å². The minimum Gasteiger partial charge on any atom is -0.381 e. The van der Waals surface area contributed by atoms with Crippen LogP contribution in [-0.2, 0) is 0 Å². The molecule has 0 aromatic heterocycles. The number of benzene rings is 1. The highest BCUT2D eigenvalue weighted by molar-refractivity contribution is 9.10. The molecule has 1 nitrogen and oxygen atoms in total. The minimum atomic E-state index is 0.626. The van der Waals surface area contributed by atoms with Crippen LogP contribution < -0.4 is 5.32 Å². The molecule has 0 bridgehead atoms. The summed E-state index contributed by atoms with van der Waals surface area (Å²) in [5.41, 5.74) is 3.23. The van der Waals surface area contributed by atoms with Gasteiger partial charge in [-0.2, -0.15) is 0 Å². The van der Waals surface area contributed by atoms with E-state index in [-0.39, 0.29) is 0 Å². The highest BCUT2D eigenvalue weighted by Crippen LogP contribution is 2.53. The Bertz CT molecular complexity index is 435. The highest BCUT2D eigenvalue weighted by Gasteiger charge is 2.46. The summed E-state index contributed by atoms with van der Waals surface area (Å²) in [7, 11) is 0. The first-order chi connectivity index (χ1) is 8.71. The maximum absolute atomic E-state index is 3.80. The quantitative estimate of drug-likeness (QED) is 0.783. The smallest absolute Gasteiger partial charge is 0.0489 e. The molecule has 3 rings (SSSR count). The van der Waals surface area contributed by atoms with Gasteiger partial charge in [0.1, 0.15) is 0 Å². The van der Waals surface area contributed by atoms with Crippen LogP contribution in [0, 0.1) is 12.3 Å². The summed E-state index contributed by atoms with van der Waals surface area (Å²) in [6, 6.07) is 7.21. The molecule has 1 atom stereocenters. The number of hydrogen-bond donors (Lipinski definition) is 1. The number of rotatable bonds is 2. The van der Waals surface area contributed by atoms with Crippen LogP contribution in [0.2, 0.25) is 0 Å². The lowest BCUT2D eigenvalue weighted by Crippen LogP contribution is -2.50. The van der Waals surface area contributed by atoms with E-state index in [4.69, 9.17) is 0 Å². The van der Waals surface area contributed by atoms with E-state index in [0.717, 1.165) is 0 Å². The van der Waals surface area contributed by atoms with Crippen molar-refractivity contribution in [3.8, 4) is 0 Å². The van der Waals surface area contributed by atoms with Crippen LogP contribution in [0.4, 0.5) is 5.69 Å². The van der Waals surface area contributed by atoms with E-state index in [2.05, 4.69) is 46.4 Å². The summed E-state index contributed by atoms with van der Waals surface area (Å²) < 4.78 is 1.24. The summed E-state index contributed by atoms with van der Waals surface area (Å²) in [5.74, 6) is 0. The summed E-state index contributed by atoms with van der Waals surface area (Å²) in [6.07, 6.45) is 9.99. The van der Waals surface area contributed by atoms with Gasteiger partial charge in [-0.3, -0.25) is 0 Å². The molecule has 1 unspecified atom stereocenters. The fourth-order valence-electron chi connectivity index (χ4n) is 3.72. The maximum Gasteiger partial charge on any atom is 0.0489 e. The minimum absolute atomic E-state index is 0.626. The molecule has 1 aromatic carbocycles. The van der Waals surface area contributed by atoms with Crippen molar-refractivity contribution in [1.82, 2.24) is 0 Å². The third-order valence-corrected chi connectivity index (χ3v) is 6.09. The fraction of sp³-hybridized carbons (Fsp3) is 0.625. The monoisotopic (exact) mass is 307 g/mol. The van der Waals surface area contributed by atoms with Crippen LogP contribution >= 0.6 is 15.9 Å². The van der Waals surface area contributed by atoms with Crippen molar-refractivity contribution in [2.24, 2.45) is 5.41 Å². The Morgan fingerprint density at radius 1 is 1.17 bits per heavy atom. The van der Waals surface area contributed by atoms with Crippen LogP contribution in [0.5, 0.6) is 0 Å². The lowest BCUT2D eigenvalue weighted by molar-refractivity contribution is 0.0571. The van der Waals surface area contributed by atoms with Crippen LogP contribution in [0.25, 0.3) is 0 Å². The summed E-state index contributed by atoms with van der Waals surface area (Å²) in [5, 5.41) is 3.80. The van der Waals surface area contributed by atoms with E-state index >= 15 is 0 Å². The standard InChI is InChI=1S/C16H22BrN/c1-12-6-5-7-13(15(12)17)18-14-8-11-16(14)9-3-2-4-10-16/h5-7,14,18H,2-4,8-11H2,1H3. The Balaban J connectivity index is 1.75. The Kier molecular flexibility index (Phi) is 3.40. The molecule has 18 heavy (non-hydrogen) atoms. The second-order valence-corrected chi connectivity index (χ2v) is 6.89. The van der Waals surface area contributed by atoms with Gasteiger partial charge in [0, 0.05) is 16.2 Å². The molecule has 1 spiro atoms. The summed E-state index contributed by atoms with van der Waals surface area (Å²) in [6.45, 7) is 2.16. The van der Waals surface area contributed by atoms with Gasteiger partial charge in [-0.25, -0.2) is 0 Å². The van der Waals surface area contributed by atoms with Crippen molar-refractivity contribution in [2.75, 3.05) is 5.32 Å². The van der Waals surface area contributed by atoms with E-state index < -0.39 is 0 Å². The third kappa shape index (κ3) is 2.09. The number of nitrogens with one attached hydrogen (secondary N) is 1. The van der Waals surface area contributed by atoms with Crippen molar-refractivity contribution in [3.63, 3.8) is 0 Å². The zero-order chi connectivity index (χ0) is 12.6. The molecule has 2 saturated carbocycles. The summed E-state index contributed by atoms with van der Waals surface area (Å²) in [4.78, 5) is 0. The van der Waals surface area contributed by atoms with Crippen LogP contribution in [0.1, 0.15) is 50.5 Å². The number of anilines is 1. The molecule has 0 radical (unpaired) electrons. The van der Waals surface area contributed by atoms with Gasteiger partial charge in [-0.05, 0) is 65.6 Å². The SMILES string of the molecule is Cc1cccc(NC2CCC23CCCCC3)c1Br. The van der Waals surface area contributed by atoms with Gasteiger partial charge in [0.15, 0.2) is 0 Å². The molecule has 98 valence electrons. The molecular weight excluding hydrogens is 286 g/mol. The van der Waals surface area contributed by atoms with Gasteiger partial charge in [0.05, 0.1) is 0 Å². The first-order valence-corrected chi connectivity index (χ1v) is 8.02. The van der Waals surface area contributed by atoms with Crippen molar-refractivity contribution in [1.29, 1.82) is 0 Å².